The van der Waals surface area contributed by atoms with Gasteiger partial charge < -0.3 is 9.38 Å². The second-order valence-electron chi connectivity index (χ2n) is 4.41. The minimum atomic E-state index is 0. The van der Waals surface area contributed by atoms with Crippen molar-refractivity contribution < 1.29 is 20.1 Å². The van der Waals surface area contributed by atoms with Crippen molar-refractivity contribution in [3.8, 4) is 0 Å². The summed E-state index contributed by atoms with van der Waals surface area (Å²) in [6.07, 6.45) is 3.87. The van der Waals surface area contributed by atoms with Crippen molar-refractivity contribution in [3.63, 3.8) is 0 Å². The van der Waals surface area contributed by atoms with Crippen LogP contribution in [0.5, 0.6) is 0 Å². The van der Waals surface area contributed by atoms with E-state index in [0.29, 0.717) is 0 Å². The first-order valence-electron chi connectivity index (χ1n) is 5.87. The van der Waals surface area contributed by atoms with Crippen molar-refractivity contribution in [1.82, 2.24) is 14.4 Å². The van der Waals surface area contributed by atoms with Crippen LogP contribution in [0.4, 0.5) is 0 Å². The first-order chi connectivity index (χ1) is 8.84. The van der Waals surface area contributed by atoms with Gasteiger partial charge in [-0.15, -0.1) is 29.7 Å². The van der Waals surface area contributed by atoms with Gasteiger partial charge in [0.25, 0.3) is 0 Å². The summed E-state index contributed by atoms with van der Waals surface area (Å²) in [6.45, 7) is 2.01. The van der Waals surface area contributed by atoms with Crippen LogP contribution < -0.4 is 0 Å². The Kier molecular flexibility index (Phi) is 2.85. The molecule has 0 amide bonds. The average Bonchev–Trinajstić information content (AvgIpc) is 2.81. The Labute approximate surface area is 123 Å². The fourth-order valence-electron chi connectivity index (χ4n) is 2.47. The number of aryl methyl sites for hydroxylation is 1. The summed E-state index contributed by atoms with van der Waals surface area (Å²) in [5.74, 6) is 0. The number of hydrogen-bond donors (Lipinski definition) is 0. The first kappa shape index (κ1) is 12.3. The van der Waals surface area contributed by atoms with E-state index in [1.807, 2.05) is 31.3 Å². The molecule has 19 heavy (non-hydrogen) atoms. The van der Waals surface area contributed by atoms with Crippen LogP contribution in [-0.4, -0.2) is 14.4 Å². The van der Waals surface area contributed by atoms with E-state index < -0.39 is 0 Å². The van der Waals surface area contributed by atoms with E-state index in [1.54, 1.807) is 0 Å². The van der Waals surface area contributed by atoms with E-state index >= 15 is 0 Å². The second kappa shape index (κ2) is 4.41. The fourth-order valence-corrected chi connectivity index (χ4v) is 2.47. The molecule has 95 valence electrons. The fraction of sp³-hybridized carbons (Fsp3) is 0.0667. The van der Waals surface area contributed by atoms with Crippen LogP contribution >= 0.6 is 0 Å². The first-order valence-corrected chi connectivity index (χ1v) is 5.87. The smallest absolute Gasteiger partial charge is 0.129 e. The summed E-state index contributed by atoms with van der Waals surface area (Å²) in [5.41, 5.74) is 4.03. The molecule has 0 N–H and O–H groups in total. The van der Waals surface area contributed by atoms with Gasteiger partial charge in [-0.05, 0) is 18.5 Å². The average molecular weight is 424 g/mol. The summed E-state index contributed by atoms with van der Waals surface area (Å²) in [5, 5.41) is 2.11. The van der Waals surface area contributed by atoms with Crippen LogP contribution in [0.25, 0.3) is 27.5 Å². The van der Waals surface area contributed by atoms with Crippen molar-refractivity contribution in [2.45, 2.75) is 6.92 Å². The largest absolute Gasteiger partial charge is 0.341 e. The van der Waals surface area contributed by atoms with Gasteiger partial charge in [-0.2, -0.15) is 0 Å². The van der Waals surface area contributed by atoms with E-state index in [4.69, 9.17) is 0 Å². The monoisotopic (exact) mass is 425 g/mol. The molecule has 4 rings (SSSR count). The van der Waals surface area contributed by atoms with Gasteiger partial charge in [0.15, 0.2) is 0 Å². The molecule has 0 aliphatic heterocycles. The Morgan fingerprint density at radius 2 is 2.11 bits per heavy atom. The molecule has 0 saturated heterocycles. The molecule has 1 aromatic carbocycles. The Balaban J connectivity index is 0.00000110. The van der Waals surface area contributed by atoms with Gasteiger partial charge in [0.2, 0.25) is 0 Å². The molecule has 0 unspecified atom stereocenters. The number of aromatic nitrogens is 3. The van der Waals surface area contributed by atoms with Crippen LogP contribution in [0.2, 0.25) is 0 Å². The number of pyridine rings is 2. The number of hydrogen-bond acceptors (Lipinski definition) is 2. The Bertz CT molecular complexity index is 823. The standard InChI is InChI=1S/C15H10N3.Ir/c1-10-9-18-13-7-3-2-5-11(13)14-12(15(18)17-10)6-4-8-16-14;/h2-4,6-9H,1H3;/q-1;. The normalized spacial score (nSPS) is 11.0. The zero-order chi connectivity index (χ0) is 12.1. The van der Waals surface area contributed by atoms with Crippen molar-refractivity contribution in [3.05, 3.63) is 54.5 Å². The van der Waals surface area contributed by atoms with Crippen LogP contribution in [0.15, 0.2) is 42.7 Å². The maximum absolute atomic E-state index is 4.60. The van der Waals surface area contributed by atoms with Crippen LogP contribution in [0.1, 0.15) is 5.69 Å². The molecular formula is C15H10IrN3-. The predicted octanol–water partition coefficient (Wildman–Crippen LogP) is 3.14. The molecule has 3 aromatic heterocycles. The van der Waals surface area contributed by atoms with E-state index in [1.165, 1.54) is 0 Å². The zero-order valence-corrected chi connectivity index (χ0v) is 12.6. The molecule has 0 spiro atoms. The molecule has 1 radical (unpaired) electrons. The van der Waals surface area contributed by atoms with Crippen molar-refractivity contribution in [1.29, 1.82) is 0 Å². The third-order valence-corrected chi connectivity index (χ3v) is 3.21. The zero-order valence-electron chi connectivity index (χ0n) is 10.2. The summed E-state index contributed by atoms with van der Waals surface area (Å²) in [7, 11) is 0. The van der Waals surface area contributed by atoms with Gasteiger partial charge in [0.05, 0.1) is 5.69 Å². The molecule has 0 saturated carbocycles. The number of fused-ring (bicyclic) bond motifs is 6. The molecule has 0 aliphatic carbocycles. The topological polar surface area (TPSA) is 30.2 Å². The maximum atomic E-state index is 4.60. The van der Waals surface area contributed by atoms with E-state index in [9.17, 15) is 0 Å². The van der Waals surface area contributed by atoms with Gasteiger partial charge in [0.1, 0.15) is 5.65 Å². The molecular weight excluding hydrogens is 414 g/mol. The number of rotatable bonds is 0. The molecule has 3 nitrogen and oxygen atoms in total. The quantitative estimate of drug-likeness (QED) is 0.321. The number of imidazole rings is 1. The maximum Gasteiger partial charge on any atom is 0.129 e. The molecule has 0 bridgehead atoms. The molecule has 4 heteroatoms. The van der Waals surface area contributed by atoms with Gasteiger partial charge in [-0.25, -0.2) is 4.98 Å². The van der Waals surface area contributed by atoms with Crippen LogP contribution in [0.3, 0.4) is 0 Å². The third kappa shape index (κ3) is 1.68. The molecule has 3 heterocycles. The van der Waals surface area contributed by atoms with Gasteiger partial charge in [-0.3, -0.25) is 0 Å². The summed E-state index contributed by atoms with van der Waals surface area (Å²) < 4.78 is 2.12. The van der Waals surface area contributed by atoms with Crippen molar-refractivity contribution in [2.75, 3.05) is 0 Å². The van der Waals surface area contributed by atoms with Gasteiger partial charge >= 0.3 is 0 Å². The van der Waals surface area contributed by atoms with Crippen LogP contribution in [-0.2, 0) is 20.1 Å². The summed E-state index contributed by atoms with van der Waals surface area (Å²) >= 11 is 0. The minimum Gasteiger partial charge on any atom is -0.341 e. The molecule has 0 atom stereocenters. The molecule has 0 aliphatic rings. The Morgan fingerprint density at radius 3 is 3.00 bits per heavy atom. The van der Waals surface area contributed by atoms with Crippen molar-refractivity contribution >= 4 is 27.5 Å². The second-order valence-corrected chi connectivity index (χ2v) is 4.41. The predicted molar refractivity (Wildman–Crippen MR) is 71.6 cm³/mol. The van der Waals surface area contributed by atoms with Crippen LogP contribution in [0, 0.1) is 13.0 Å². The summed E-state index contributed by atoms with van der Waals surface area (Å²) in [4.78, 5) is 9.08. The van der Waals surface area contributed by atoms with Gasteiger partial charge in [0, 0.05) is 43.4 Å². The Morgan fingerprint density at radius 1 is 1.21 bits per heavy atom. The number of benzene rings is 1. The van der Waals surface area contributed by atoms with Gasteiger partial charge in [-0.1, -0.05) is 6.07 Å². The van der Waals surface area contributed by atoms with E-state index in [2.05, 4.69) is 38.8 Å². The Hall–Kier alpha value is -1.77. The van der Waals surface area contributed by atoms with E-state index in [0.717, 1.165) is 33.1 Å². The summed E-state index contributed by atoms with van der Waals surface area (Å²) in [6, 6.07) is 13.3. The number of nitrogens with zero attached hydrogens (tertiary/aromatic N) is 3. The van der Waals surface area contributed by atoms with E-state index in [-0.39, 0.29) is 20.1 Å². The molecule has 4 aromatic rings. The third-order valence-electron chi connectivity index (χ3n) is 3.21. The molecule has 0 fully saturated rings. The SMILES string of the molecule is Cc1cn2c3ccc[c-]c3c3ncccc3c2n1.[Ir]. The van der Waals surface area contributed by atoms with Crippen molar-refractivity contribution in [2.24, 2.45) is 0 Å². The minimum absolute atomic E-state index is 0.